The molecule has 0 bridgehead atoms. The maximum absolute atomic E-state index is 11.2. The Bertz CT molecular complexity index is 296. The molecule has 1 fully saturated rings. The van der Waals surface area contributed by atoms with Gasteiger partial charge in [0.2, 0.25) is 5.17 Å². The molecule has 2 rings (SSSR count). The van der Waals surface area contributed by atoms with Crippen LogP contribution in [-0.4, -0.2) is 27.8 Å². The summed E-state index contributed by atoms with van der Waals surface area (Å²) in [6.07, 6.45) is 1.88. The first-order chi connectivity index (χ1) is 6.29. The van der Waals surface area contributed by atoms with Crippen LogP contribution in [0.25, 0.3) is 0 Å². The van der Waals surface area contributed by atoms with E-state index in [-0.39, 0.29) is 18.4 Å². The number of hydrogen-bond donors (Lipinski definition) is 1. The van der Waals surface area contributed by atoms with Crippen LogP contribution in [0.1, 0.15) is 12.8 Å². The molecule has 2 aliphatic rings. The third-order valence-corrected chi connectivity index (χ3v) is 2.53. The van der Waals surface area contributed by atoms with Gasteiger partial charge in [0.1, 0.15) is 5.04 Å². The smallest absolute Gasteiger partial charge is 0.251 e. The summed E-state index contributed by atoms with van der Waals surface area (Å²) < 4.78 is 0. The predicted molar refractivity (Wildman–Crippen MR) is 49.4 cm³/mol. The molecule has 1 saturated carbocycles. The molecule has 0 aromatic carbocycles. The van der Waals surface area contributed by atoms with Gasteiger partial charge in [-0.1, -0.05) is 0 Å². The van der Waals surface area contributed by atoms with E-state index in [2.05, 4.69) is 15.5 Å². The minimum absolute atomic E-state index is 0.111. The molecule has 1 amide bonds. The molecule has 1 heterocycles. The van der Waals surface area contributed by atoms with E-state index in [1.54, 1.807) is 0 Å². The van der Waals surface area contributed by atoms with Crippen LogP contribution in [-0.2, 0) is 4.79 Å². The Hall–Kier alpha value is -0.880. The van der Waals surface area contributed by atoms with E-state index in [4.69, 9.17) is 5.11 Å². The highest BCUT2D eigenvalue weighted by Crippen LogP contribution is 2.30. The zero-order chi connectivity index (χ0) is 9.26. The van der Waals surface area contributed by atoms with Gasteiger partial charge in [0.05, 0.1) is 6.61 Å². The number of rotatable bonds is 2. The van der Waals surface area contributed by atoms with Crippen molar-refractivity contribution >= 4 is 27.9 Å². The molecule has 1 aliphatic heterocycles. The number of carbonyl (C=O) groups excluding carboxylic acids is 1. The summed E-state index contributed by atoms with van der Waals surface area (Å²) in [5, 5.41) is 13.2. The first-order valence-corrected chi connectivity index (χ1v) is 4.80. The van der Waals surface area contributed by atoms with Crippen LogP contribution >= 0.6 is 11.8 Å². The van der Waals surface area contributed by atoms with E-state index < -0.39 is 0 Å². The molecule has 6 heteroatoms. The van der Waals surface area contributed by atoms with Crippen LogP contribution in [0, 0.1) is 5.92 Å². The largest absolute Gasteiger partial charge is 0.389 e. The van der Waals surface area contributed by atoms with Crippen LogP contribution in [0.5, 0.6) is 0 Å². The van der Waals surface area contributed by atoms with Crippen molar-refractivity contribution in [3.63, 3.8) is 0 Å². The molecule has 1 aliphatic carbocycles. The van der Waals surface area contributed by atoms with Crippen molar-refractivity contribution in [1.82, 2.24) is 5.43 Å². The van der Waals surface area contributed by atoms with Gasteiger partial charge in [-0.05, 0) is 24.6 Å². The molecular weight excluding hydrogens is 190 g/mol. The zero-order valence-corrected chi connectivity index (χ0v) is 7.62. The summed E-state index contributed by atoms with van der Waals surface area (Å²) in [5.41, 5.74) is 3.66. The lowest BCUT2D eigenvalue weighted by atomic mass is 10.4. The fraction of sp³-hybridized carbons (Fsp3) is 0.571. The quantitative estimate of drug-likeness (QED) is 0.675. The Morgan fingerprint density at radius 3 is 3.00 bits per heavy atom. The number of aliphatic hydroxyl groups excluding tert-OH is 1. The van der Waals surface area contributed by atoms with Gasteiger partial charge in [-0.25, -0.2) is 0 Å². The highest BCUT2D eigenvalue weighted by atomic mass is 32.2. The Kier molecular flexibility index (Phi) is 2.32. The van der Waals surface area contributed by atoms with E-state index in [9.17, 15) is 4.79 Å². The summed E-state index contributed by atoms with van der Waals surface area (Å²) in [6.45, 7) is -0.148. The van der Waals surface area contributed by atoms with Gasteiger partial charge in [-0.3, -0.25) is 4.79 Å². The Balaban J connectivity index is 1.92. The lowest BCUT2D eigenvalue weighted by Gasteiger charge is -1.91. The fourth-order valence-electron chi connectivity index (χ4n) is 0.870. The Labute approximate surface area is 79.3 Å². The normalized spacial score (nSPS) is 24.4. The number of thioether (sulfide) groups is 1. The zero-order valence-electron chi connectivity index (χ0n) is 6.80. The lowest BCUT2D eigenvalue weighted by molar-refractivity contribution is -0.118. The SMILES string of the molecule is O=C(N=C1[N]N=C(CO)S1)C1CC1. The topological polar surface area (TPSA) is 76.1 Å². The van der Waals surface area contributed by atoms with E-state index in [0.717, 1.165) is 24.6 Å². The number of aliphatic imine (C=N–C) groups is 1. The first-order valence-electron chi connectivity index (χ1n) is 3.98. The van der Waals surface area contributed by atoms with Crippen LogP contribution in [0.4, 0.5) is 0 Å². The molecule has 5 nitrogen and oxygen atoms in total. The minimum atomic E-state index is -0.148. The minimum Gasteiger partial charge on any atom is -0.389 e. The number of aliphatic hydroxyl groups is 1. The average Bonchev–Trinajstić information content (AvgIpc) is 2.88. The second-order valence-corrected chi connectivity index (χ2v) is 3.90. The standard InChI is InChI=1S/C7H8N3O2S/c11-3-5-9-10-7(13-5)8-6(12)4-1-2-4/h4,11H,1-3H2. The molecule has 0 saturated heterocycles. The van der Waals surface area contributed by atoms with Gasteiger partial charge in [0.15, 0.2) is 0 Å². The second kappa shape index (κ2) is 3.47. The Morgan fingerprint density at radius 1 is 1.69 bits per heavy atom. The number of amides is 1. The lowest BCUT2D eigenvalue weighted by Crippen LogP contribution is -2.05. The van der Waals surface area contributed by atoms with Crippen LogP contribution in [0.15, 0.2) is 10.1 Å². The van der Waals surface area contributed by atoms with Gasteiger partial charge in [-0.15, -0.1) is 10.5 Å². The summed E-state index contributed by atoms with van der Waals surface area (Å²) >= 11 is 1.15. The van der Waals surface area contributed by atoms with E-state index in [1.165, 1.54) is 0 Å². The number of nitrogens with zero attached hydrogens (tertiary/aromatic N) is 3. The van der Waals surface area contributed by atoms with Crippen LogP contribution in [0.3, 0.4) is 0 Å². The van der Waals surface area contributed by atoms with Crippen molar-refractivity contribution in [2.24, 2.45) is 16.0 Å². The molecule has 0 aromatic rings. The third kappa shape index (κ3) is 2.07. The van der Waals surface area contributed by atoms with Gasteiger partial charge in [0, 0.05) is 5.92 Å². The number of hydrogen-bond acceptors (Lipinski definition) is 4. The maximum atomic E-state index is 11.2. The fourth-order valence-corrected chi connectivity index (χ4v) is 1.44. The molecule has 0 spiro atoms. The molecule has 0 atom stereocenters. The number of carbonyl (C=O) groups is 1. The molecule has 69 valence electrons. The highest BCUT2D eigenvalue weighted by Gasteiger charge is 2.30. The summed E-state index contributed by atoms with van der Waals surface area (Å²) in [6, 6.07) is 0. The van der Waals surface area contributed by atoms with Gasteiger partial charge < -0.3 is 5.11 Å². The average molecular weight is 198 g/mol. The highest BCUT2D eigenvalue weighted by molar-refractivity contribution is 8.27. The molecule has 1 radical (unpaired) electrons. The molecular formula is C7H8N3O2S. The van der Waals surface area contributed by atoms with Gasteiger partial charge in [-0.2, -0.15) is 4.99 Å². The van der Waals surface area contributed by atoms with Crippen molar-refractivity contribution in [1.29, 1.82) is 0 Å². The monoisotopic (exact) mass is 198 g/mol. The van der Waals surface area contributed by atoms with Crippen LogP contribution < -0.4 is 5.43 Å². The van der Waals surface area contributed by atoms with Crippen molar-refractivity contribution in [2.45, 2.75) is 12.8 Å². The van der Waals surface area contributed by atoms with Gasteiger partial charge in [0.25, 0.3) is 5.91 Å². The Morgan fingerprint density at radius 2 is 2.46 bits per heavy atom. The third-order valence-electron chi connectivity index (χ3n) is 1.72. The van der Waals surface area contributed by atoms with E-state index in [0.29, 0.717) is 10.2 Å². The van der Waals surface area contributed by atoms with E-state index >= 15 is 0 Å². The summed E-state index contributed by atoms with van der Waals surface area (Å²) in [5.74, 6) is 0.00196. The molecule has 0 unspecified atom stereocenters. The van der Waals surface area contributed by atoms with Crippen molar-refractivity contribution in [3.05, 3.63) is 0 Å². The summed E-state index contributed by atoms with van der Waals surface area (Å²) in [4.78, 5) is 15.0. The summed E-state index contributed by atoms with van der Waals surface area (Å²) in [7, 11) is 0. The molecule has 13 heavy (non-hydrogen) atoms. The van der Waals surface area contributed by atoms with Crippen molar-refractivity contribution in [3.8, 4) is 0 Å². The van der Waals surface area contributed by atoms with Gasteiger partial charge >= 0.3 is 0 Å². The van der Waals surface area contributed by atoms with E-state index in [1.807, 2.05) is 0 Å². The van der Waals surface area contributed by atoms with Crippen molar-refractivity contribution < 1.29 is 9.90 Å². The predicted octanol–water partition coefficient (Wildman–Crippen LogP) is -0.0640. The second-order valence-electron chi connectivity index (χ2n) is 2.86. The van der Waals surface area contributed by atoms with Crippen LogP contribution in [0.2, 0.25) is 0 Å². The van der Waals surface area contributed by atoms with Crippen molar-refractivity contribution in [2.75, 3.05) is 6.61 Å². The maximum Gasteiger partial charge on any atom is 0.251 e. The molecule has 1 N–H and O–H groups in total. The first kappa shape index (κ1) is 8.71. The molecule has 0 aromatic heterocycles. The number of amidine groups is 1.